The average Bonchev–Trinajstić information content (AvgIpc) is 2.81. The number of hydrogen-bond donors (Lipinski definition) is 1. The lowest BCUT2D eigenvalue weighted by Gasteiger charge is -2.51. The van der Waals surface area contributed by atoms with Gasteiger partial charge in [0.05, 0.1) is 5.60 Å². The van der Waals surface area contributed by atoms with Crippen LogP contribution in [0.25, 0.3) is 0 Å². The van der Waals surface area contributed by atoms with E-state index in [1.807, 2.05) is 6.07 Å². The van der Waals surface area contributed by atoms with Crippen LogP contribution >= 0.6 is 15.9 Å². The number of hydrogen-bond acceptors (Lipinski definition) is 1. The van der Waals surface area contributed by atoms with Crippen molar-refractivity contribution in [3.05, 3.63) is 34.3 Å². The minimum Gasteiger partial charge on any atom is -0.388 e. The molecule has 1 aromatic rings. The minimum atomic E-state index is -0.590. The Morgan fingerprint density at radius 3 is 2.53 bits per heavy atom. The zero-order valence-electron chi connectivity index (χ0n) is 12.0. The first-order valence-electron chi connectivity index (χ1n) is 7.26. The second-order valence-electron chi connectivity index (χ2n) is 7.35. The van der Waals surface area contributed by atoms with Crippen molar-refractivity contribution < 1.29 is 5.11 Å². The first kappa shape index (κ1) is 13.6. The van der Waals surface area contributed by atoms with Gasteiger partial charge < -0.3 is 5.11 Å². The van der Waals surface area contributed by atoms with Crippen LogP contribution in [0, 0.1) is 16.7 Å². The maximum Gasteiger partial charge on any atom is 0.0794 e. The van der Waals surface area contributed by atoms with Gasteiger partial charge in [0, 0.05) is 10.9 Å². The molecule has 2 aliphatic rings. The van der Waals surface area contributed by atoms with Crippen LogP contribution in [-0.4, -0.2) is 10.7 Å². The third kappa shape index (κ3) is 1.69. The van der Waals surface area contributed by atoms with E-state index < -0.39 is 5.60 Å². The Kier molecular flexibility index (Phi) is 2.93. The van der Waals surface area contributed by atoms with Gasteiger partial charge in [-0.05, 0) is 47.6 Å². The Balaban J connectivity index is 2.01. The molecule has 3 unspecified atom stereocenters. The molecule has 1 aromatic carbocycles. The van der Waals surface area contributed by atoms with E-state index in [0.29, 0.717) is 5.92 Å². The van der Waals surface area contributed by atoms with Crippen molar-refractivity contribution in [3.63, 3.8) is 0 Å². The zero-order valence-corrected chi connectivity index (χ0v) is 13.6. The molecule has 3 rings (SSSR count). The smallest absolute Gasteiger partial charge is 0.0794 e. The lowest BCUT2D eigenvalue weighted by atomic mass is 9.58. The topological polar surface area (TPSA) is 20.2 Å². The Morgan fingerprint density at radius 1 is 1.26 bits per heavy atom. The molecule has 1 nitrogen and oxygen atoms in total. The van der Waals surface area contributed by atoms with Crippen LogP contribution in [0.1, 0.15) is 45.6 Å². The molecule has 19 heavy (non-hydrogen) atoms. The first-order valence-corrected chi connectivity index (χ1v) is 8.05. The summed E-state index contributed by atoms with van der Waals surface area (Å²) in [6.45, 7) is 6.82. The largest absolute Gasteiger partial charge is 0.388 e. The molecule has 2 aliphatic carbocycles. The molecular formula is C17H23BrO. The summed E-state index contributed by atoms with van der Waals surface area (Å²) in [5.74, 6) is 0.671. The summed E-state index contributed by atoms with van der Waals surface area (Å²) in [7, 11) is 0. The molecule has 2 saturated carbocycles. The van der Waals surface area contributed by atoms with Crippen molar-refractivity contribution in [1.82, 2.24) is 0 Å². The molecule has 0 heterocycles. The highest BCUT2D eigenvalue weighted by Gasteiger charge is 2.68. The molecule has 104 valence electrons. The van der Waals surface area contributed by atoms with Gasteiger partial charge in [-0.25, -0.2) is 0 Å². The van der Waals surface area contributed by atoms with Crippen molar-refractivity contribution >= 4 is 15.9 Å². The molecule has 0 saturated heterocycles. The summed E-state index contributed by atoms with van der Waals surface area (Å²) >= 11 is 3.62. The minimum absolute atomic E-state index is 0.00921. The number of benzene rings is 1. The van der Waals surface area contributed by atoms with E-state index in [1.165, 1.54) is 24.8 Å². The van der Waals surface area contributed by atoms with E-state index in [9.17, 15) is 5.11 Å². The Bertz CT molecular complexity index is 503. The van der Waals surface area contributed by atoms with Crippen LogP contribution in [0.15, 0.2) is 28.7 Å². The van der Waals surface area contributed by atoms with Crippen LogP contribution in [-0.2, 0) is 6.42 Å². The summed E-state index contributed by atoms with van der Waals surface area (Å²) in [5.41, 5.74) is 0.727. The SMILES string of the molecule is CC12CCC(C1)C(C)(C)C2(O)Cc1ccccc1Br. The maximum atomic E-state index is 11.5. The molecule has 0 aliphatic heterocycles. The van der Waals surface area contributed by atoms with Gasteiger partial charge in [-0.3, -0.25) is 0 Å². The molecule has 3 atom stereocenters. The molecule has 0 radical (unpaired) electrons. The van der Waals surface area contributed by atoms with Crippen molar-refractivity contribution in [1.29, 1.82) is 0 Å². The van der Waals surface area contributed by atoms with Gasteiger partial charge in [-0.2, -0.15) is 0 Å². The van der Waals surface area contributed by atoms with E-state index in [1.54, 1.807) is 0 Å². The predicted molar refractivity (Wildman–Crippen MR) is 82.0 cm³/mol. The molecule has 1 N–H and O–H groups in total. The number of halogens is 1. The standard InChI is InChI=1S/C17H23BrO/c1-15(2)13-8-9-16(3,11-13)17(15,19)10-12-6-4-5-7-14(12)18/h4-7,13,19H,8-11H2,1-3H3. The highest BCUT2D eigenvalue weighted by molar-refractivity contribution is 9.10. The van der Waals surface area contributed by atoms with Gasteiger partial charge in [-0.1, -0.05) is 54.9 Å². The summed E-state index contributed by atoms with van der Waals surface area (Å²) in [6, 6.07) is 8.30. The van der Waals surface area contributed by atoms with E-state index in [-0.39, 0.29) is 10.8 Å². The first-order chi connectivity index (χ1) is 8.80. The lowest BCUT2D eigenvalue weighted by Crippen LogP contribution is -2.55. The molecule has 0 spiro atoms. The second kappa shape index (κ2) is 4.08. The van der Waals surface area contributed by atoms with Crippen LogP contribution in [0.3, 0.4) is 0 Å². The van der Waals surface area contributed by atoms with E-state index in [2.05, 4.69) is 54.9 Å². The van der Waals surface area contributed by atoms with Crippen LogP contribution in [0.5, 0.6) is 0 Å². The van der Waals surface area contributed by atoms with Gasteiger partial charge in [-0.15, -0.1) is 0 Å². The maximum absolute atomic E-state index is 11.5. The van der Waals surface area contributed by atoms with E-state index >= 15 is 0 Å². The zero-order chi connectivity index (χ0) is 13.9. The van der Waals surface area contributed by atoms with Crippen LogP contribution in [0.4, 0.5) is 0 Å². The third-order valence-corrected chi connectivity index (χ3v) is 7.00. The van der Waals surface area contributed by atoms with Gasteiger partial charge in [0.1, 0.15) is 0 Å². The fourth-order valence-corrected chi connectivity index (χ4v) is 5.13. The third-order valence-electron chi connectivity index (χ3n) is 6.23. The second-order valence-corrected chi connectivity index (χ2v) is 8.20. The molecule has 2 heteroatoms. The summed E-state index contributed by atoms with van der Waals surface area (Å²) in [6.07, 6.45) is 4.39. The van der Waals surface area contributed by atoms with Crippen LogP contribution in [0.2, 0.25) is 0 Å². The fraction of sp³-hybridized carbons (Fsp3) is 0.647. The fourth-order valence-electron chi connectivity index (χ4n) is 4.71. The number of aliphatic hydroxyl groups is 1. The van der Waals surface area contributed by atoms with Gasteiger partial charge >= 0.3 is 0 Å². The summed E-state index contributed by atoms with van der Waals surface area (Å²) in [5, 5.41) is 11.5. The average molecular weight is 323 g/mol. The van der Waals surface area contributed by atoms with Gasteiger partial charge in [0.15, 0.2) is 0 Å². The molecule has 2 bridgehead atoms. The van der Waals surface area contributed by atoms with Crippen molar-refractivity contribution in [3.8, 4) is 0 Å². The Labute approximate surface area is 124 Å². The van der Waals surface area contributed by atoms with Crippen molar-refractivity contribution in [2.75, 3.05) is 0 Å². The molecular weight excluding hydrogens is 300 g/mol. The van der Waals surface area contributed by atoms with E-state index in [4.69, 9.17) is 0 Å². The Morgan fingerprint density at radius 2 is 1.95 bits per heavy atom. The van der Waals surface area contributed by atoms with Gasteiger partial charge in [0.2, 0.25) is 0 Å². The molecule has 0 amide bonds. The van der Waals surface area contributed by atoms with E-state index in [0.717, 1.165) is 10.9 Å². The Hall–Kier alpha value is -0.340. The summed E-state index contributed by atoms with van der Waals surface area (Å²) < 4.78 is 1.12. The normalized spacial score (nSPS) is 39.7. The monoisotopic (exact) mass is 322 g/mol. The van der Waals surface area contributed by atoms with Crippen molar-refractivity contribution in [2.45, 2.75) is 52.1 Å². The molecule has 2 fully saturated rings. The molecule has 0 aromatic heterocycles. The summed E-state index contributed by atoms with van der Waals surface area (Å²) in [4.78, 5) is 0. The highest BCUT2D eigenvalue weighted by Crippen LogP contribution is 2.68. The lowest BCUT2D eigenvalue weighted by molar-refractivity contribution is -0.142. The predicted octanol–water partition coefficient (Wildman–Crippen LogP) is 4.57. The number of rotatable bonds is 2. The number of fused-ring (bicyclic) bond motifs is 2. The quantitative estimate of drug-likeness (QED) is 0.845. The van der Waals surface area contributed by atoms with Gasteiger partial charge in [0.25, 0.3) is 0 Å². The van der Waals surface area contributed by atoms with Crippen LogP contribution < -0.4 is 0 Å². The van der Waals surface area contributed by atoms with Crippen molar-refractivity contribution in [2.24, 2.45) is 16.7 Å². The highest BCUT2D eigenvalue weighted by atomic mass is 79.9.